The Morgan fingerprint density at radius 1 is 1.28 bits per heavy atom. The van der Waals surface area contributed by atoms with Crippen molar-refractivity contribution in [2.75, 3.05) is 5.32 Å². The molecule has 0 aliphatic rings. The topological polar surface area (TPSA) is 64.0 Å². The number of nitrogens with zero attached hydrogens (tertiary/aromatic N) is 2. The Morgan fingerprint density at radius 3 is 2.48 bits per heavy atom. The van der Waals surface area contributed by atoms with E-state index in [1.807, 2.05) is 0 Å². The molecule has 9 heteroatoms. The van der Waals surface area contributed by atoms with E-state index in [0.717, 1.165) is 22.8 Å². The minimum atomic E-state index is -4.57. The van der Waals surface area contributed by atoms with Gasteiger partial charge in [0.1, 0.15) is 6.04 Å². The summed E-state index contributed by atoms with van der Waals surface area (Å²) >= 11 is 5.86. The van der Waals surface area contributed by atoms with Crippen LogP contribution in [0.2, 0.25) is 5.02 Å². The van der Waals surface area contributed by atoms with Crippen LogP contribution in [-0.4, -0.2) is 15.5 Å². The van der Waals surface area contributed by atoms with Crippen molar-refractivity contribution in [2.24, 2.45) is 0 Å². The SMILES string of the molecule is Cc1cc(C)n(C(C)C(=O)Nc2cc(C(F)(F)F)ccc2Cl)c(=O)n1. The third-order valence-electron chi connectivity index (χ3n) is 3.59. The van der Waals surface area contributed by atoms with Crippen molar-refractivity contribution in [3.05, 3.63) is 56.7 Å². The fraction of sp³-hybridized carbons (Fsp3) is 0.312. The van der Waals surface area contributed by atoms with Crippen molar-refractivity contribution < 1.29 is 18.0 Å². The Morgan fingerprint density at radius 2 is 1.92 bits per heavy atom. The van der Waals surface area contributed by atoms with Crippen LogP contribution in [0.15, 0.2) is 29.1 Å². The summed E-state index contributed by atoms with van der Waals surface area (Å²) in [6.07, 6.45) is -4.57. The normalized spacial score (nSPS) is 12.8. The molecule has 1 aromatic heterocycles. The molecule has 1 N–H and O–H groups in total. The summed E-state index contributed by atoms with van der Waals surface area (Å²) < 4.78 is 39.5. The molecule has 5 nitrogen and oxygen atoms in total. The molecule has 1 heterocycles. The van der Waals surface area contributed by atoms with Crippen molar-refractivity contribution in [1.82, 2.24) is 9.55 Å². The largest absolute Gasteiger partial charge is 0.416 e. The van der Waals surface area contributed by atoms with E-state index >= 15 is 0 Å². The van der Waals surface area contributed by atoms with Gasteiger partial charge in [0, 0.05) is 11.4 Å². The molecule has 0 bridgehead atoms. The standard InChI is InChI=1S/C16H15ClF3N3O2/c1-8-6-9(2)23(15(25)21-8)10(3)14(24)22-13-7-11(16(18,19)20)4-5-12(13)17/h4-7,10H,1-3H3,(H,22,24). The summed E-state index contributed by atoms with van der Waals surface area (Å²) in [6.45, 7) is 4.73. The summed E-state index contributed by atoms with van der Waals surface area (Å²) in [5.74, 6) is -0.683. The zero-order chi connectivity index (χ0) is 18.9. The Kier molecular flexibility index (Phi) is 5.22. The molecule has 2 rings (SSSR count). The number of hydrogen-bond acceptors (Lipinski definition) is 3. The van der Waals surface area contributed by atoms with Gasteiger partial charge >= 0.3 is 11.9 Å². The molecule has 1 amide bonds. The predicted octanol–water partition coefficient (Wildman–Crippen LogP) is 3.73. The summed E-state index contributed by atoms with van der Waals surface area (Å²) in [5.41, 5.74) is -0.720. The van der Waals surface area contributed by atoms with Crippen molar-refractivity contribution in [2.45, 2.75) is 33.0 Å². The molecule has 0 saturated heterocycles. The van der Waals surface area contributed by atoms with Crippen LogP contribution in [0.3, 0.4) is 0 Å². The van der Waals surface area contributed by atoms with E-state index in [1.165, 1.54) is 6.92 Å². The van der Waals surface area contributed by atoms with Gasteiger partial charge in [0.2, 0.25) is 5.91 Å². The molecule has 0 aliphatic carbocycles. The quantitative estimate of drug-likeness (QED) is 0.891. The predicted molar refractivity (Wildman–Crippen MR) is 87.8 cm³/mol. The first-order chi connectivity index (χ1) is 11.5. The van der Waals surface area contributed by atoms with Crippen LogP contribution in [-0.2, 0) is 11.0 Å². The molecule has 2 aromatic rings. The molecule has 1 unspecified atom stereocenters. The third-order valence-corrected chi connectivity index (χ3v) is 3.92. The van der Waals surface area contributed by atoms with E-state index < -0.39 is 29.4 Å². The molecule has 0 aliphatic heterocycles. The number of halogens is 4. The van der Waals surface area contributed by atoms with Gasteiger partial charge in [0.25, 0.3) is 0 Å². The second-order valence-electron chi connectivity index (χ2n) is 5.55. The summed E-state index contributed by atoms with van der Waals surface area (Å²) in [5, 5.41) is 2.29. The van der Waals surface area contributed by atoms with E-state index in [0.29, 0.717) is 11.4 Å². The van der Waals surface area contributed by atoms with Gasteiger partial charge in [-0.25, -0.2) is 4.79 Å². The maximum absolute atomic E-state index is 12.8. The second-order valence-corrected chi connectivity index (χ2v) is 5.96. The highest BCUT2D eigenvalue weighted by atomic mass is 35.5. The van der Waals surface area contributed by atoms with E-state index in [2.05, 4.69) is 10.3 Å². The van der Waals surface area contributed by atoms with Crippen molar-refractivity contribution in [1.29, 1.82) is 0 Å². The molecule has 1 aromatic carbocycles. The van der Waals surface area contributed by atoms with Gasteiger partial charge in [-0.3, -0.25) is 9.36 Å². The first kappa shape index (κ1) is 19.0. The number of aromatic nitrogens is 2. The summed E-state index contributed by atoms with van der Waals surface area (Å²) in [4.78, 5) is 28.1. The van der Waals surface area contributed by atoms with Crippen LogP contribution in [0, 0.1) is 13.8 Å². The first-order valence-corrected chi connectivity index (χ1v) is 7.63. The lowest BCUT2D eigenvalue weighted by molar-refractivity contribution is -0.137. The average molecular weight is 374 g/mol. The van der Waals surface area contributed by atoms with E-state index in [9.17, 15) is 22.8 Å². The minimum Gasteiger partial charge on any atom is -0.323 e. The van der Waals surface area contributed by atoms with Gasteiger partial charge in [0.05, 0.1) is 16.3 Å². The van der Waals surface area contributed by atoms with Crippen molar-refractivity contribution in [3.63, 3.8) is 0 Å². The molecular formula is C16H15ClF3N3O2. The number of hydrogen-bond donors (Lipinski definition) is 1. The number of carbonyl (C=O) groups is 1. The summed E-state index contributed by atoms with van der Waals surface area (Å²) in [7, 11) is 0. The first-order valence-electron chi connectivity index (χ1n) is 7.25. The molecule has 0 spiro atoms. The molecule has 0 radical (unpaired) electrons. The van der Waals surface area contributed by atoms with Crippen molar-refractivity contribution in [3.8, 4) is 0 Å². The summed E-state index contributed by atoms with van der Waals surface area (Å²) in [6, 6.07) is 3.26. The molecule has 0 fully saturated rings. The average Bonchev–Trinajstić information content (AvgIpc) is 2.47. The van der Waals surface area contributed by atoms with E-state index in [-0.39, 0.29) is 10.7 Å². The zero-order valence-electron chi connectivity index (χ0n) is 13.6. The number of aryl methyl sites for hydroxylation is 2. The smallest absolute Gasteiger partial charge is 0.323 e. The highest BCUT2D eigenvalue weighted by molar-refractivity contribution is 6.33. The van der Waals surface area contributed by atoms with Gasteiger partial charge in [-0.1, -0.05) is 11.6 Å². The number of carbonyl (C=O) groups excluding carboxylic acids is 1. The lowest BCUT2D eigenvalue weighted by Gasteiger charge is -2.18. The number of anilines is 1. The van der Waals surface area contributed by atoms with Crippen LogP contribution < -0.4 is 11.0 Å². The third kappa shape index (κ3) is 4.19. The van der Waals surface area contributed by atoms with Gasteiger partial charge < -0.3 is 5.32 Å². The molecule has 25 heavy (non-hydrogen) atoms. The van der Waals surface area contributed by atoms with Gasteiger partial charge in [-0.05, 0) is 45.0 Å². The molecule has 134 valence electrons. The minimum absolute atomic E-state index is 0.0420. The second kappa shape index (κ2) is 6.87. The highest BCUT2D eigenvalue weighted by Gasteiger charge is 2.31. The van der Waals surface area contributed by atoms with Crippen LogP contribution in [0.5, 0.6) is 0 Å². The Bertz CT molecular complexity index is 878. The van der Waals surface area contributed by atoms with Gasteiger partial charge in [-0.15, -0.1) is 0 Å². The van der Waals surface area contributed by atoms with Crippen LogP contribution in [0.25, 0.3) is 0 Å². The molecule has 1 atom stereocenters. The fourth-order valence-corrected chi connectivity index (χ4v) is 2.55. The molecular weight excluding hydrogens is 359 g/mol. The van der Waals surface area contributed by atoms with E-state index in [1.54, 1.807) is 19.9 Å². The van der Waals surface area contributed by atoms with Crippen LogP contribution >= 0.6 is 11.6 Å². The lowest BCUT2D eigenvalue weighted by atomic mass is 10.2. The number of rotatable bonds is 3. The number of amides is 1. The Labute approximate surface area is 146 Å². The number of nitrogens with one attached hydrogen (secondary N) is 1. The maximum atomic E-state index is 12.8. The van der Waals surface area contributed by atoms with Gasteiger partial charge in [-0.2, -0.15) is 18.2 Å². The Balaban J connectivity index is 2.33. The number of benzene rings is 1. The molecule has 0 saturated carbocycles. The highest BCUT2D eigenvalue weighted by Crippen LogP contribution is 2.34. The van der Waals surface area contributed by atoms with Gasteiger partial charge in [0.15, 0.2) is 0 Å². The number of alkyl halides is 3. The van der Waals surface area contributed by atoms with E-state index in [4.69, 9.17) is 11.6 Å². The maximum Gasteiger partial charge on any atom is 0.416 e. The zero-order valence-corrected chi connectivity index (χ0v) is 14.4. The fourth-order valence-electron chi connectivity index (χ4n) is 2.38. The Hall–Kier alpha value is -2.35. The monoisotopic (exact) mass is 373 g/mol. The van der Waals surface area contributed by atoms with Crippen LogP contribution in [0.1, 0.15) is 29.9 Å². The van der Waals surface area contributed by atoms with Crippen molar-refractivity contribution >= 4 is 23.2 Å². The lowest BCUT2D eigenvalue weighted by Crippen LogP contribution is -2.34. The van der Waals surface area contributed by atoms with Crippen LogP contribution in [0.4, 0.5) is 18.9 Å².